The molecule has 0 aromatic carbocycles. The number of β-amino-alcohol motifs (C(OH)–C–C–N with tert-alkyl or cyclic N) is 1. The summed E-state index contributed by atoms with van der Waals surface area (Å²) in [4.78, 5) is 16.3. The van der Waals surface area contributed by atoms with Crippen LogP contribution in [-0.2, 0) is 4.79 Å². The maximum atomic E-state index is 12.2. The molecule has 0 spiro atoms. The smallest absolute Gasteiger partial charge is 0.242 e. The van der Waals surface area contributed by atoms with E-state index in [2.05, 4.69) is 4.90 Å². The zero-order chi connectivity index (χ0) is 12.9. The molecule has 0 aromatic heterocycles. The maximum absolute atomic E-state index is 12.2. The summed E-state index contributed by atoms with van der Waals surface area (Å²) in [6, 6.07) is 0. The van der Waals surface area contributed by atoms with Gasteiger partial charge in [0.1, 0.15) is 0 Å². The molecule has 0 radical (unpaired) electrons. The van der Waals surface area contributed by atoms with E-state index in [1.807, 2.05) is 11.8 Å². The van der Waals surface area contributed by atoms with Crippen molar-refractivity contribution >= 4 is 5.91 Å². The van der Waals surface area contributed by atoms with Crippen LogP contribution >= 0.6 is 0 Å². The summed E-state index contributed by atoms with van der Waals surface area (Å²) in [6.45, 7) is 7.86. The van der Waals surface area contributed by atoms with E-state index in [4.69, 9.17) is 10.8 Å². The van der Waals surface area contributed by atoms with Crippen LogP contribution in [0.15, 0.2) is 0 Å². The molecular weight excluding hydrogens is 218 g/mol. The first-order valence-corrected chi connectivity index (χ1v) is 6.42. The molecule has 1 atom stereocenters. The largest absolute Gasteiger partial charge is 0.395 e. The second-order valence-electron chi connectivity index (χ2n) is 4.98. The van der Waals surface area contributed by atoms with Crippen LogP contribution in [0.5, 0.6) is 0 Å². The Bertz CT molecular complexity index is 256. The van der Waals surface area contributed by atoms with E-state index < -0.39 is 5.54 Å². The number of carbonyl (C=O) groups excluding carboxylic acids is 1. The fraction of sp³-hybridized carbons (Fsp3) is 0.917. The van der Waals surface area contributed by atoms with Crippen LogP contribution in [0.3, 0.4) is 0 Å². The number of aliphatic hydroxyl groups excluding tert-OH is 1. The summed E-state index contributed by atoms with van der Waals surface area (Å²) in [5.41, 5.74) is 5.25. The second kappa shape index (κ2) is 6.33. The van der Waals surface area contributed by atoms with Crippen LogP contribution in [0.25, 0.3) is 0 Å². The fourth-order valence-electron chi connectivity index (χ4n) is 2.05. The van der Waals surface area contributed by atoms with Gasteiger partial charge >= 0.3 is 0 Å². The molecule has 0 aromatic rings. The molecule has 0 bridgehead atoms. The van der Waals surface area contributed by atoms with Crippen molar-refractivity contribution in [3.8, 4) is 0 Å². The molecule has 1 aliphatic heterocycles. The zero-order valence-electron chi connectivity index (χ0n) is 11.0. The lowest BCUT2D eigenvalue weighted by atomic mass is 9.98. The topological polar surface area (TPSA) is 69.8 Å². The third-order valence-corrected chi connectivity index (χ3v) is 3.51. The molecule has 1 amide bonds. The highest BCUT2D eigenvalue weighted by molar-refractivity contribution is 5.85. The highest BCUT2D eigenvalue weighted by atomic mass is 16.3. The van der Waals surface area contributed by atoms with Gasteiger partial charge in [-0.3, -0.25) is 9.69 Å². The quantitative estimate of drug-likeness (QED) is 0.707. The summed E-state index contributed by atoms with van der Waals surface area (Å²) in [6.07, 6.45) is 1.61. The zero-order valence-corrected chi connectivity index (χ0v) is 11.0. The van der Waals surface area contributed by atoms with Gasteiger partial charge in [0.25, 0.3) is 0 Å². The van der Waals surface area contributed by atoms with Crippen molar-refractivity contribution < 1.29 is 9.90 Å². The molecule has 5 nitrogen and oxygen atoms in total. The van der Waals surface area contributed by atoms with E-state index in [1.165, 1.54) is 0 Å². The Kier molecular flexibility index (Phi) is 5.36. The standard InChI is InChI=1S/C12H25N3O2/c1-3-12(2,13)11(17)15-6-4-5-14(7-8-15)9-10-16/h16H,3-10,13H2,1-2H3. The average Bonchev–Trinajstić information content (AvgIpc) is 2.54. The Morgan fingerprint density at radius 2 is 2.06 bits per heavy atom. The predicted molar refractivity (Wildman–Crippen MR) is 67.6 cm³/mol. The van der Waals surface area contributed by atoms with Gasteiger partial charge in [-0.05, 0) is 26.3 Å². The molecule has 1 fully saturated rings. The van der Waals surface area contributed by atoms with Crippen LogP contribution in [-0.4, -0.2) is 65.7 Å². The van der Waals surface area contributed by atoms with Gasteiger partial charge in [-0.2, -0.15) is 0 Å². The number of hydrogen-bond acceptors (Lipinski definition) is 4. The minimum absolute atomic E-state index is 0.0471. The van der Waals surface area contributed by atoms with Crippen LogP contribution in [0.4, 0.5) is 0 Å². The van der Waals surface area contributed by atoms with Crippen molar-refractivity contribution in [1.82, 2.24) is 9.80 Å². The molecule has 1 unspecified atom stereocenters. The second-order valence-corrected chi connectivity index (χ2v) is 4.98. The predicted octanol–water partition coefficient (Wildman–Crippen LogP) is -0.360. The minimum atomic E-state index is -0.744. The number of aliphatic hydroxyl groups is 1. The van der Waals surface area contributed by atoms with Gasteiger partial charge in [-0.1, -0.05) is 6.92 Å². The molecule has 0 saturated carbocycles. The van der Waals surface area contributed by atoms with E-state index in [0.717, 1.165) is 26.1 Å². The molecule has 17 heavy (non-hydrogen) atoms. The van der Waals surface area contributed by atoms with Crippen LogP contribution in [0.2, 0.25) is 0 Å². The molecule has 100 valence electrons. The molecule has 1 aliphatic rings. The van der Waals surface area contributed by atoms with E-state index in [0.29, 0.717) is 19.5 Å². The fourth-order valence-corrected chi connectivity index (χ4v) is 2.05. The number of carbonyl (C=O) groups is 1. The van der Waals surface area contributed by atoms with Gasteiger partial charge in [0.2, 0.25) is 5.91 Å². The number of nitrogens with zero attached hydrogens (tertiary/aromatic N) is 2. The van der Waals surface area contributed by atoms with Gasteiger partial charge in [-0.25, -0.2) is 0 Å². The van der Waals surface area contributed by atoms with E-state index in [1.54, 1.807) is 6.92 Å². The summed E-state index contributed by atoms with van der Waals surface area (Å²) in [7, 11) is 0. The Hall–Kier alpha value is -0.650. The monoisotopic (exact) mass is 243 g/mol. The number of nitrogens with two attached hydrogens (primary N) is 1. The van der Waals surface area contributed by atoms with Gasteiger partial charge < -0.3 is 15.7 Å². The van der Waals surface area contributed by atoms with Crippen molar-refractivity contribution in [2.75, 3.05) is 39.3 Å². The summed E-state index contributed by atoms with van der Waals surface area (Å²) < 4.78 is 0. The molecule has 1 heterocycles. The van der Waals surface area contributed by atoms with Crippen LogP contribution in [0, 0.1) is 0 Å². The summed E-state index contributed by atoms with van der Waals surface area (Å²) >= 11 is 0. The first kappa shape index (κ1) is 14.4. The Balaban J connectivity index is 2.54. The van der Waals surface area contributed by atoms with Crippen molar-refractivity contribution in [1.29, 1.82) is 0 Å². The Morgan fingerprint density at radius 3 is 2.65 bits per heavy atom. The SMILES string of the molecule is CCC(C)(N)C(=O)N1CCCN(CCO)CC1. The normalized spacial score (nSPS) is 22.0. The number of amides is 1. The molecular formula is C12H25N3O2. The highest BCUT2D eigenvalue weighted by Crippen LogP contribution is 2.12. The molecule has 1 saturated heterocycles. The van der Waals surface area contributed by atoms with Crippen molar-refractivity contribution in [2.45, 2.75) is 32.2 Å². The minimum Gasteiger partial charge on any atom is -0.395 e. The Labute approximate surface area is 104 Å². The lowest BCUT2D eigenvalue weighted by molar-refractivity contribution is -0.136. The maximum Gasteiger partial charge on any atom is 0.242 e. The number of hydrogen-bond donors (Lipinski definition) is 2. The first-order valence-electron chi connectivity index (χ1n) is 6.42. The van der Waals surface area contributed by atoms with Gasteiger partial charge in [0.15, 0.2) is 0 Å². The van der Waals surface area contributed by atoms with Crippen molar-refractivity contribution in [3.05, 3.63) is 0 Å². The molecule has 5 heteroatoms. The van der Waals surface area contributed by atoms with Crippen molar-refractivity contribution in [2.24, 2.45) is 5.73 Å². The first-order chi connectivity index (χ1) is 8.01. The van der Waals surface area contributed by atoms with Crippen LogP contribution < -0.4 is 5.73 Å². The third-order valence-electron chi connectivity index (χ3n) is 3.51. The van der Waals surface area contributed by atoms with Gasteiger partial charge in [-0.15, -0.1) is 0 Å². The van der Waals surface area contributed by atoms with E-state index in [-0.39, 0.29) is 12.5 Å². The number of rotatable bonds is 4. The molecule has 1 rings (SSSR count). The van der Waals surface area contributed by atoms with Gasteiger partial charge in [0.05, 0.1) is 12.1 Å². The Morgan fingerprint density at radius 1 is 1.35 bits per heavy atom. The average molecular weight is 243 g/mol. The summed E-state index contributed by atoms with van der Waals surface area (Å²) in [5, 5.41) is 8.91. The van der Waals surface area contributed by atoms with E-state index >= 15 is 0 Å². The summed E-state index contributed by atoms with van der Waals surface area (Å²) in [5.74, 6) is 0.0471. The van der Waals surface area contributed by atoms with Gasteiger partial charge in [0, 0.05) is 26.2 Å². The van der Waals surface area contributed by atoms with Crippen molar-refractivity contribution in [3.63, 3.8) is 0 Å². The third kappa shape index (κ3) is 3.94. The lowest BCUT2D eigenvalue weighted by Gasteiger charge is -2.30. The molecule has 3 N–H and O–H groups in total. The molecule has 0 aliphatic carbocycles. The lowest BCUT2D eigenvalue weighted by Crippen LogP contribution is -2.53. The van der Waals surface area contributed by atoms with E-state index in [9.17, 15) is 4.79 Å². The van der Waals surface area contributed by atoms with Crippen LogP contribution in [0.1, 0.15) is 26.7 Å². The highest BCUT2D eigenvalue weighted by Gasteiger charge is 2.31.